The van der Waals surface area contributed by atoms with E-state index < -0.39 is 0 Å². The summed E-state index contributed by atoms with van der Waals surface area (Å²) in [5.74, 6) is 2.71. The van der Waals surface area contributed by atoms with Crippen molar-refractivity contribution >= 4 is 0 Å². The first kappa shape index (κ1) is 15.0. The van der Waals surface area contributed by atoms with E-state index in [1.807, 2.05) is 0 Å². The van der Waals surface area contributed by atoms with Crippen molar-refractivity contribution in [1.29, 1.82) is 0 Å². The zero-order chi connectivity index (χ0) is 14.7. The quantitative estimate of drug-likeness (QED) is 0.922. The minimum Gasteiger partial charge on any atom is -0.373 e. The molecular formula is C16H27N3O2. The number of nitrogens with one attached hydrogen (secondary N) is 1. The molecular weight excluding hydrogens is 266 g/mol. The molecule has 0 spiro atoms. The van der Waals surface area contributed by atoms with Crippen molar-refractivity contribution in [3.8, 4) is 0 Å². The summed E-state index contributed by atoms with van der Waals surface area (Å²) in [4.78, 5) is 4.65. The Morgan fingerprint density at radius 3 is 2.76 bits per heavy atom. The van der Waals surface area contributed by atoms with Gasteiger partial charge in [-0.05, 0) is 44.1 Å². The number of methoxy groups -OCH3 is 1. The number of hydrogen-bond acceptors (Lipinski definition) is 5. The molecule has 0 amide bonds. The first-order chi connectivity index (χ1) is 10.3. The molecule has 5 heteroatoms. The highest BCUT2D eigenvalue weighted by Crippen LogP contribution is 2.36. The lowest BCUT2D eigenvalue weighted by atomic mass is 9.85. The fourth-order valence-electron chi connectivity index (χ4n) is 3.75. The molecule has 0 aromatic carbocycles. The van der Waals surface area contributed by atoms with E-state index in [1.165, 1.54) is 38.5 Å². The second-order valence-corrected chi connectivity index (χ2v) is 6.68. The Bertz CT molecular complexity index is 442. The maximum Gasteiger partial charge on any atom is 0.243 e. The molecule has 1 aliphatic heterocycles. The van der Waals surface area contributed by atoms with Crippen molar-refractivity contribution in [3.63, 3.8) is 0 Å². The Balaban J connectivity index is 1.70. The third-order valence-corrected chi connectivity index (χ3v) is 5.01. The molecule has 1 N–H and O–H groups in total. The van der Waals surface area contributed by atoms with Gasteiger partial charge in [-0.3, -0.25) is 0 Å². The molecule has 2 heterocycles. The van der Waals surface area contributed by atoms with E-state index in [2.05, 4.69) is 22.4 Å². The van der Waals surface area contributed by atoms with Gasteiger partial charge in [0.1, 0.15) is 6.10 Å². The van der Waals surface area contributed by atoms with Crippen molar-refractivity contribution in [1.82, 2.24) is 15.5 Å². The van der Waals surface area contributed by atoms with E-state index in [0.29, 0.717) is 11.8 Å². The molecule has 2 fully saturated rings. The van der Waals surface area contributed by atoms with Crippen LogP contribution < -0.4 is 5.32 Å². The molecule has 5 nitrogen and oxygen atoms in total. The predicted octanol–water partition coefficient (Wildman–Crippen LogP) is 3.40. The summed E-state index contributed by atoms with van der Waals surface area (Å²) in [6, 6.07) is 0.207. The number of rotatable bonds is 4. The number of piperidine rings is 1. The topological polar surface area (TPSA) is 60.2 Å². The van der Waals surface area contributed by atoms with Crippen LogP contribution in [0.1, 0.15) is 75.7 Å². The normalized spacial score (nSPS) is 29.4. The summed E-state index contributed by atoms with van der Waals surface area (Å²) < 4.78 is 11.2. The lowest BCUT2D eigenvalue weighted by Crippen LogP contribution is -2.31. The number of nitrogens with zero attached hydrogens (tertiary/aromatic N) is 2. The predicted molar refractivity (Wildman–Crippen MR) is 79.8 cm³/mol. The third kappa shape index (κ3) is 3.46. The lowest BCUT2D eigenvalue weighted by Gasteiger charge is -2.27. The molecule has 1 aromatic rings. The van der Waals surface area contributed by atoms with Crippen LogP contribution in [0.3, 0.4) is 0 Å². The van der Waals surface area contributed by atoms with E-state index in [4.69, 9.17) is 9.26 Å². The molecule has 3 unspecified atom stereocenters. The summed E-state index contributed by atoms with van der Waals surface area (Å²) in [7, 11) is 1.76. The summed E-state index contributed by atoms with van der Waals surface area (Å²) >= 11 is 0. The molecule has 21 heavy (non-hydrogen) atoms. The molecule has 0 radical (unpaired) electrons. The average molecular weight is 293 g/mol. The highest BCUT2D eigenvalue weighted by molar-refractivity contribution is 4.99. The highest BCUT2D eigenvalue weighted by atomic mass is 16.5. The zero-order valence-corrected chi connectivity index (χ0v) is 13.2. The van der Waals surface area contributed by atoms with Crippen LogP contribution >= 0.6 is 0 Å². The average Bonchev–Trinajstić information content (AvgIpc) is 2.99. The largest absolute Gasteiger partial charge is 0.373 e. The minimum absolute atomic E-state index is 0.0104. The first-order valence-corrected chi connectivity index (χ1v) is 8.37. The van der Waals surface area contributed by atoms with Gasteiger partial charge < -0.3 is 14.6 Å². The van der Waals surface area contributed by atoms with Gasteiger partial charge in [0.25, 0.3) is 0 Å². The second kappa shape index (κ2) is 6.88. The van der Waals surface area contributed by atoms with E-state index in [0.717, 1.165) is 24.7 Å². The maximum atomic E-state index is 5.69. The van der Waals surface area contributed by atoms with Crippen LogP contribution in [0.2, 0.25) is 0 Å². The van der Waals surface area contributed by atoms with Crippen LogP contribution in [0, 0.1) is 11.8 Å². The van der Waals surface area contributed by atoms with Crippen molar-refractivity contribution in [2.24, 2.45) is 11.8 Å². The van der Waals surface area contributed by atoms with Gasteiger partial charge in [0, 0.05) is 7.11 Å². The molecule has 0 bridgehead atoms. The fourth-order valence-corrected chi connectivity index (χ4v) is 3.75. The molecule has 3 rings (SSSR count). The lowest BCUT2D eigenvalue weighted by molar-refractivity contribution is 0.0273. The Morgan fingerprint density at radius 1 is 1.24 bits per heavy atom. The number of ether oxygens (including phenoxy) is 1. The number of aromatic nitrogens is 2. The summed E-state index contributed by atoms with van der Waals surface area (Å²) in [6.45, 7) is 3.31. The van der Waals surface area contributed by atoms with E-state index in [-0.39, 0.29) is 12.1 Å². The zero-order valence-electron chi connectivity index (χ0n) is 13.2. The molecule has 118 valence electrons. The van der Waals surface area contributed by atoms with E-state index in [9.17, 15) is 0 Å². The van der Waals surface area contributed by atoms with Crippen LogP contribution in [-0.2, 0) is 4.74 Å². The minimum atomic E-state index is -0.0104. The second-order valence-electron chi connectivity index (χ2n) is 6.68. The molecule has 3 atom stereocenters. The van der Waals surface area contributed by atoms with Crippen LogP contribution in [0.5, 0.6) is 0 Å². The van der Waals surface area contributed by atoms with Gasteiger partial charge in [0.2, 0.25) is 11.7 Å². The van der Waals surface area contributed by atoms with Crippen LogP contribution in [-0.4, -0.2) is 23.8 Å². The van der Waals surface area contributed by atoms with Crippen molar-refractivity contribution in [2.45, 2.75) is 64.0 Å². The summed E-state index contributed by atoms with van der Waals surface area (Å²) in [5, 5.41) is 7.69. The maximum absolute atomic E-state index is 5.69. The monoisotopic (exact) mass is 293 g/mol. The van der Waals surface area contributed by atoms with E-state index >= 15 is 0 Å². The van der Waals surface area contributed by atoms with Crippen LogP contribution in [0.15, 0.2) is 4.52 Å². The van der Waals surface area contributed by atoms with Crippen LogP contribution in [0.4, 0.5) is 0 Å². The first-order valence-electron chi connectivity index (χ1n) is 8.37. The molecule has 1 saturated carbocycles. The summed E-state index contributed by atoms with van der Waals surface area (Å²) in [6.07, 6.45) is 8.62. The van der Waals surface area contributed by atoms with Gasteiger partial charge in [0.05, 0.1) is 6.04 Å². The van der Waals surface area contributed by atoms with Crippen LogP contribution in [0.25, 0.3) is 0 Å². The van der Waals surface area contributed by atoms with Gasteiger partial charge in [-0.1, -0.05) is 31.3 Å². The van der Waals surface area contributed by atoms with Gasteiger partial charge >= 0.3 is 0 Å². The van der Waals surface area contributed by atoms with Gasteiger partial charge in [-0.2, -0.15) is 4.98 Å². The molecule has 1 aliphatic carbocycles. The number of hydrogen-bond donors (Lipinski definition) is 1. The Hall–Kier alpha value is -0.940. The third-order valence-electron chi connectivity index (χ3n) is 5.01. The standard InChI is InChI=1S/C16H27N3O2/c1-11-8-9-17-13(10-11)16-18-15(19-21-16)14(20-2)12-6-4-3-5-7-12/h11-14,17H,3-10H2,1-2H3. The van der Waals surface area contributed by atoms with Crippen molar-refractivity contribution in [2.75, 3.05) is 13.7 Å². The summed E-state index contributed by atoms with van der Waals surface area (Å²) in [5.41, 5.74) is 0. The van der Waals surface area contributed by atoms with Gasteiger partial charge in [-0.15, -0.1) is 0 Å². The Morgan fingerprint density at radius 2 is 2.05 bits per heavy atom. The Labute approximate surface area is 126 Å². The molecule has 1 saturated heterocycles. The SMILES string of the molecule is COC(c1noc(C2CC(C)CCN2)n1)C1CCCCC1. The smallest absolute Gasteiger partial charge is 0.243 e. The highest BCUT2D eigenvalue weighted by Gasteiger charge is 2.31. The van der Waals surface area contributed by atoms with Gasteiger partial charge in [0.15, 0.2) is 0 Å². The van der Waals surface area contributed by atoms with Crippen molar-refractivity contribution < 1.29 is 9.26 Å². The van der Waals surface area contributed by atoms with E-state index in [1.54, 1.807) is 7.11 Å². The Kier molecular flexibility index (Phi) is 4.91. The fraction of sp³-hybridized carbons (Fsp3) is 0.875. The van der Waals surface area contributed by atoms with Gasteiger partial charge in [-0.25, -0.2) is 0 Å². The molecule has 2 aliphatic rings. The van der Waals surface area contributed by atoms with Crippen molar-refractivity contribution in [3.05, 3.63) is 11.7 Å². The molecule has 1 aromatic heterocycles.